The highest BCUT2D eigenvalue weighted by molar-refractivity contribution is 7.14. The number of benzene rings is 1. The van der Waals surface area contributed by atoms with E-state index in [-0.39, 0.29) is 5.82 Å². The number of hydrogen-bond donors (Lipinski definition) is 1. The monoisotopic (exact) mass is 261 g/mol. The first-order valence-electron chi connectivity index (χ1n) is 5.70. The van der Waals surface area contributed by atoms with Gasteiger partial charge >= 0.3 is 0 Å². The van der Waals surface area contributed by atoms with Gasteiger partial charge in [0, 0.05) is 6.54 Å². The van der Waals surface area contributed by atoms with Gasteiger partial charge < -0.3 is 10.3 Å². The van der Waals surface area contributed by atoms with Crippen molar-refractivity contribution < 1.29 is 4.39 Å². The Hall–Kier alpha value is -1.88. The van der Waals surface area contributed by atoms with Crippen LogP contribution in [-0.4, -0.2) is 9.55 Å². The maximum atomic E-state index is 13.8. The van der Waals surface area contributed by atoms with Crippen molar-refractivity contribution in [1.82, 2.24) is 9.55 Å². The number of imidazole rings is 1. The standard InChI is InChI=1S/C13H12FN3S/c1-2-17-10-5-3-4-9(14)11(10)16-13(17)8-6-7-18-12(8)15/h3-7H,2,15H2,1H3. The van der Waals surface area contributed by atoms with Gasteiger partial charge in [-0.1, -0.05) is 6.07 Å². The highest BCUT2D eigenvalue weighted by Crippen LogP contribution is 2.32. The Morgan fingerprint density at radius 3 is 2.89 bits per heavy atom. The first-order valence-corrected chi connectivity index (χ1v) is 6.58. The smallest absolute Gasteiger partial charge is 0.151 e. The Morgan fingerprint density at radius 1 is 1.39 bits per heavy atom. The van der Waals surface area contributed by atoms with Gasteiger partial charge in [-0.15, -0.1) is 11.3 Å². The van der Waals surface area contributed by atoms with E-state index in [9.17, 15) is 4.39 Å². The van der Waals surface area contributed by atoms with Crippen LogP contribution in [0.25, 0.3) is 22.4 Å². The van der Waals surface area contributed by atoms with Gasteiger partial charge in [-0.3, -0.25) is 0 Å². The van der Waals surface area contributed by atoms with E-state index < -0.39 is 0 Å². The second kappa shape index (κ2) is 4.10. The summed E-state index contributed by atoms with van der Waals surface area (Å²) in [7, 11) is 0. The topological polar surface area (TPSA) is 43.8 Å². The third kappa shape index (κ3) is 1.51. The van der Waals surface area contributed by atoms with Gasteiger partial charge in [-0.2, -0.15) is 0 Å². The number of aromatic nitrogens is 2. The van der Waals surface area contributed by atoms with Gasteiger partial charge in [0.2, 0.25) is 0 Å². The van der Waals surface area contributed by atoms with E-state index in [1.54, 1.807) is 6.07 Å². The summed E-state index contributed by atoms with van der Waals surface area (Å²) in [6, 6.07) is 6.93. The summed E-state index contributed by atoms with van der Waals surface area (Å²) in [6.45, 7) is 2.74. The van der Waals surface area contributed by atoms with Crippen molar-refractivity contribution in [3.63, 3.8) is 0 Å². The van der Waals surface area contributed by atoms with E-state index in [4.69, 9.17) is 5.73 Å². The number of thiophene rings is 1. The Morgan fingerprint density at radius 2 is 2.22 bits per heavy atom. The largest absolute Gasteiger partial charge is 0.390 e. The zero-order valence-electron chi connectivity index (χ0n) is 9.85. The lowest BCUT2D eigenvalue weighted by Gasteiger charge is -2.05. The summed E-state index contributed by atoms with van der Waals surface area (Å²) >= 11 is 1.46. The van der Waals surface area contributed by atoms with Crippen molar-refractivity contribution in [2.45, 2.75) is 13.5 Å². The number of nitrogens with two attached hydrogens (primary N) is 1. The first-order chi connectivity index (χ1) is 8.72. The summed E-state index contributed by atoms with van der Waals surface area (Å²) in [6.07, 6.45) is 0. The van der Waals surface area contributed by atoms with E-state index >= 15 is 0 Å². The van der Waals surface area contributed by atoms with Crippen LogP contribution in [0, 0.1) is 5.82 Å². The van der Waals surface area contributed by atoms with Crippen LogP contribution in [0.2, 0.25) is 0 Å². The summed E-state index contributed by atoms with van der Waals surface area (Å²) in [4.78, 5) is 4.40. The van der Waals surface area contributed by atoms with Gasteiger partial charge in [0.25, 0.3) is 0 Å². The number of anilines is 1. The molecule has 92 valence electrons. The Balaban J connectivity index is 2.36. The quantitative estimate of drug-likeness (QED) is 0.767. The molecule has 0 fully saturated rings. The molecule has 1 aromatic carbocycles. The highest BCUT2D eigenvalue weighted by atomic mass is 32.1. The van der Waals surface area contributed by atoms with Crippen molar-refractivity contribution in [2.24, 2.45) is 0 Å². The SMILES string of the molecule is CCn1c(-c2ccsc2N)nc2c(F)cccc21. The molecule has 3 aromatic rings. The van der Waals surface area contributed by atoms with Gasteiger partial charge in [-0.25, -0.2) is 9.37 Å². The van der Waals surface area contributed by atoms with Crippen LogP contribution < -0.4 is 5.73 Å². The fourth-order valence-corrected chi connectivity index (χ4v) is 2.78. The fraction of sp³-hybridized carbons (Fsp3) is 0.154. The van der Waals surface area contributed by atoms with E-state index in [1.807, 2.05) is 29.0 Å². The van der Waals surface area contributed by atoms with Crippen LogP contribution in [0.4, 0.5) is 9.39 Å². The Labute approximate surface area is 108 Å². The maximum Gasteiger partial charge on any atom is 0.151 e. The van der Waals surface area contributed by atoms with Crippen molar-refractivity contribution in [1.29, 1.82) is 0 Å². The minimum atomic E-state index is -0.297. The molecular weight excluding hydrogens is 249 g/mol. The third-order valence-corrected chi connectivity index (χ3v) is 3.73. The molecule has 0 unspecified atom stereocenters. The van der Waals surface area contributed by atoms with Gasteiger partial charge in [0.05, 0.1) is 16.1 Å². The molecule has 0 radical (unpaired) electrons. The lowest BCUT2D eigenvalue weighted by molar-refractivity contribution is 0.637. The first kappa shape index (κ1) is 11.2. The molecule has 18 heavy (non-hydrogen) atoms. The molecule has 2 heterocycles. The summed E-state index contributed by atoms with van der Waals surface area (Å²) in [5, 5.41) is 2.63. The molecule has 0 saturated heterocycles. The van der Waals surface area contributed by atoms with Gasteiger partial charge in [0.15, 0.2) is 5.82 Å². The summed E-state index contributed by atoms with van der Waals surface area (Å²) < 4.78 is 15.7. The van der Waals surface area contributed by atoms with E-state index in [0.29, 0.717) is 10.5 Å². The number of para-hydroxylation sites is 1. The van der Waals surface area contributed by atoms with Crippen LogP contribution >= 0.6 is 11.3 Å². The van der Waals surface area contributed by atoms with Crippen molar-refractivity contribution in [2.75, 3.05) is 5.73 Å². The molecule has 2 aromatic heterocycles. The molecule has 0 amide bonds. The second-order valence-corrected chi connectivity index (χ2v) is 4.93. The van der Waals surface area contributed by atoms with E-state index in [0.717, 1.165) is 23.4 Å². The van der Waals surface area contributed by atoms with E-state index in [1.165, 1.54) is 17.4 Å². The average Bonchev–Trinajstić information content (AvgIpc) is 2.92. The lowest BCUT2D eigenvalue weighted by Crippen LogP contribution is -1.98. The molecule has 0 saturated carbocycles. The molecule has 3 nitrogen and oxygen atoms in total. The van der Waals surface area contributed by atoms with E-state index in [2.05, 4.69) is 4.98 Å². The number of nitrogen functional groups attached to an aromatic ring is 1. The molecule has 0 spiro atoms. The summed E-state index contributed by atoms with van der Waals surface area (Å²) in [5.41, 5.74) is 8.01. The van der Waals surface area contributed by atoms with Crippen LogP contribution in [-0.2, 0) is 6.54 Å². The molecule has 0 atom stereocenters. The van der Waals surface area contributed by atoms with Crippen molar-refractivity contribution >= 4 is 27.4 Å². The normalized spacial score (nSPS) is 11.2. The number of rotatable bonds is 2. The summed E-state index contributed by atoms with van der Waals surface area (Å²) in [5.74, 6) is 0.436. The third-order valence-electron chi connectivity index (χ3n) is 2.98. The molecule has 2 N–H and O–H groups in total. The average molecular weight is 261 g/mol. The Bertz CT molecular complexity index is 714. The molecule has 0 bridgehead atoms. The van der Waals surface area contributed by atoms with Gasteiger partial charge in [0.1, 0.15) is 11.3 Å². The van der Waals surface area contributed by atoms with Crippen LogP contribution in [0.5, 0.6) is 0 Å². The zero-order chi connectivity index (χ0) is 12.7. The fourth-order valence-electron chi connectivity index (χ4n) is 2.14. The molecule has 0 aliphatic heterocycles. The zero-order valence-corrected chi connectivity index (χ0v) is 10.7. The van der Waals surface area contributed by atoms with Crippen LogP contribution in [0.1, 0.15) is 6.92 Å². The number of nitrogens with zero attached hydrogens (tertiary/aromatic N) is 2. The van der Waals surface area contributed by atoms with Gasteiger partial charge in [-0.05, 0) is 30.5 Å². The predicted molar refractivity (Wildman–Crippen MR) is 73.1 cm³/mol. The minimum absolute atomic E-state index is 0.297. The number of aryl methyl sites for hydroxylation is 1. The predicted octanol–water partition coefficient (Wildman–Crippen LogP) is 3.51. The van der Waals surface area contributed by atoms with Crippen molar-refractivity contribution in [3.05, 3.63) is 35.5 Å². The molecule has 0 aliphatic rings. The molecule has 5 heteroatoms. The minimum Gasteiger partial charge on any atom is -0.390 e. The Kier molecular flexibility index (Phi) is 2.56. The number of hydrogen-bond acceptors (Lipinski definition) is 3. The molecular formula is C13H12FN3S. The molecule has 0 aliphatic carbocycles. The maximum absolute atomic E-state index is 13.8. The van der Waals surface area contributed by atoms with Crippen molar-refractivity contribution in [3.8, 4) is 11.4 Å². The van der Waals surface area contributed by atoms with Crippen LogP contribution in [0.3, 0.4) is 0 Å². The number of fused-ring (bicyclic) bond motifs is 1. The molecule has 3 rings (SSSR count). The second-order valence-electron chi connectivity index (χ2n) is 3.99. The number of halogens is 1. The lowest BCUT2D eigenvalue weighted by atomic mass is 10.3. The van der Waals surface area contributed by atoms with Crippen LogP contribution in [0.15, 0.2) is 29.6 Å². The highest BCUT2D eigenvalue weighted by Gasteiger charge is 2.16.